The van der Waals surface area contributed by atoms with Gasteiger partial charge in [0.05, 0.1) is 18.8 Å². The minimum atomic E-state index is -0.239. The van der Waals surface area contributed by atoms with E-state index >= 15 is 0 Å². The first-order valence-electron chi connectivity index (χ1n) is 6.35. The molecule has 1 aromatic heterocycles. The van der Waals surface area contributed by atoms with E-state index in [-0.39, 0.29) is 5.82 Å². The van der Waals surface area contributed by atoms with E-state index in [1.807, 2.05) is 12.3 Å². The first kappa shape index (κ1) is 15.2. The van der Waals surface area contributed by atoms with Crippen LogP contribution in [0.3, 0.4) is 0 Å². The molecule has 2 rings (SSSR count). The Balaban J connectivity index is 1.93. The van der Waals surface area contributed by atoms with E-state index < -0.39 is 0 Å². The molecule has 0 aliphatic heterocycles. The molecule has 0 atom stereocenters. The third-order valence-electron chi connectivity index (χ3n) is 2.83. The lowest BCUT2D eigenvalue weighted by atomic mass is 10.2. The van der Waals surface area contributed by atoms with Crippen molar-refractivity contribution in [1.29, 1.82) is 0 Å². The van der Waals surface area contributed by atoms with E-state index in [1.54, 1.807) is 17.9 Å². The van der Waals surface area contributed by atoms with Crippen LogP contribution in [0.4, 0.5) is 4.39 Å². The van der Waals surface area contributed by atoms with Gasteiger partial charge in [-0.05, 0) is 29.8 Å². The van der Waals surface area contributed by atoms with Gasteiger partial charge in [0.2, 0.25) is 0 Å². The topological polar surface area (TPSA) is 39.1 Å². The molecule has 0 spiro atoms. The highest BCUT2D eigenvalue weighted by Gasteiger charge is 2.04. The summed E-state index contributed by atoms with van der Waals surface area (Å²) in [6.07, 6.45) is 1.89. The molecule has 0 saturated heterocycles. The fourth-order valence-corrected chi connectivity index (χ4v) is 2.19. The smallest absolute Gasteiger partial charge is 0.123 e. The zero-order valence-corrected chi connectivity index (χ0v) is 12.9. The van der Waals surface area contributed by atoms with Gasteiger partial charge in [0.25, 0.3) is 0 Å². The molecular formula is C14H17BrFN3O. The number of benzene rings is 1. The zero-order chi connectivity index (χ0) is 14.4. The van der Waals surface area contributed by atoms with Crippen molar-refractivity contribution < 1.29 is 9.13 Å². The molecule has 0 unspecified atom stereocenters. The highest BCUT2D eigenvalue weighted by atomic mass is 79.9. The molecule has 1 aromatic carbocycles. The number of halogens is 2. The van der Waals surface area contributed by atoms with Gasteiger partial charge in [-0.1, -0.05) is 15.9 Å². The number of nitrogens with zero attached hydrogens (tertiary/aromatic N) is 2. The number of aromatic nitrogens is 2. The molecule has 0 aliphatic carbocycles. The molecule has 6 heteroatoms. The van der Waals surface area contributed by atoms with Crippen LogP contribution < -0.4 is 5.32 Å². The minimum Gasteiger partial charge on any atom is -0.383 e. The van der Waals surface area contributed by atoms with Crippen LogP contribution in [0.15, 0.2) is 34.9 Å². The summed E-state index contributed by atoms with van der Waals surface area (Å²) < 4.78 is 20.9. The van der Waals surface area contributed by atoms with Crippen molar-refractivity contribution in [3.05, 3.63) is 52.0 Å². The number of hydrogen-bond donors (Lipinski definition) is 1. The Morgan fingerprint density at radius 1 is 1.40 bits per heavy atom. The third kappa shape index (κ3) is 4.40. The predicted molar refractivity (Wildman–Crippen MR) is 79.0 cm³/mol. The summed E-state index contributed by atoms with van der Waals surface area (Å²) in [7, 11) is 1.67. The fraction of sp³-hybridized carbons (Fsp3) is 0.357. The molecule has 4 nitrogen and oxygen atoms in total. The number of methoxy groups -OCH3 is 1. The number of hydrogen-bond acceptors (Lipinski definition) is 3. The first-order valence-corrected chi connectivity index (χ1v) is 7.14. The Morgan fingerprint density at radius 3 is 3.05 bits per heavy atom. The molecule has 1 N–H and O–H groups in total. The highest BCUT2D eigenvalue weighted by Crippen LogP contribution is 2.18. The maximum atomic E-state index is 13.2. The van der Waals surface area contributed by atoms with Crippen molar-refractivity contribution in [1.82, 2.24) is 15.1 Å². The zero-order valence-electron chi connectivity index (χ0n) is 11.3. The van der Waals surface area contributed by atoms with Crippen LogP contribution in [-0.2, 0) is 17.8 Å². The maximum absolute atomic E-state index is 13.2. The minimum absolute atomic E-state index is 0.239. The van der Waals surface area contributed by atoms with E-state index in [4.69, 9.17) is 4.74 Å². The predicted octanol–water partition coefficient (Wildman–Crippen LogP) is 2.57. The summed E-state index contributed by atoms with van der Waals surface area (Å²) in [5.41, 5.74) is 1.82. The summed E-state index contributed by atoms with van der Waals surface area (Å²) in [5, 5.41) is 7.67. The standard InChI is InChI=1S/C14H17BrFN3O/c1-20-7-5-17-9-13-4-6-19(18-13)10-11-8-12(16)2-3-14(11)15/h2-4,6,8,17H,5,7,9-10H2,1H3. The van der Waals surface area contributed by atoms with E-state index in [2.05, 4.69) is 26.3 Å². The van der Waals surface area contributed by atoms with Crippen LogP contribution in [0.1, 0.15) is 11.3 Å². The SMILES string of the molecule is COCCNCc1ccn(Cc2cc(F)ccc2Br)n1. The van der Waals surface area contributed by atoms with E-state index in [0.717, 1.165) is 22.3 Å². The average molecular weight is 342 g/mol. The van der Waals surface area contributed by atoms with Crippen molar-refractivity contribution in [3.8, 4) is 0 Å². The van der Waals surface area contributed by atoms with Crippen LogP contribution in [-0.4, -0.2) is 30.0 Å². The van der Waals surface area contributed by atoms with Gasteiger partial charge in [0, 0.05) is 30.9 Å². The molecule has 0 radical (unpaired) electrons. The second kappa shape index (κ2) is 7.52. The second-order valence-corrected chi connectivity index (χ2v) is 5.26. The summed E-state index contributed by atoms with van der Waals surface area (Å²) in [4.78, 5) is 0. The Labute approximate surface area is 126 Å². The van der Waals surface area contributed by atoms with E-state index in [1.165, 1.54) is 12.1 Å². The largest absolute Gasteiger partial charge is 0.383 e. The second-order valence-electron chi connectivity index (χ2n) is 4.41. The van der Waals surface area contributed by atoms with Crippen LogP contribution in [0.2, 0.25) is 0 Å². The van der Waals surface area contributed by atoms with Gasteiger partial charge in [-0.3, -0.25) is 4.68 Å². The van der Waals surface area contributed by atoms with Gasteiger partial charge in [-0.15, -0.1) is 0 Å². The van der Waals surface area contributed by atoms with Crippen LogP contribution >= 0.6 is 15.9 Å². The van der Waals surface area contributed by atoms with Crippen molar-refractivity contribution in [2.45, 2.75) is 13.1 Å². The lowest BCUT2D eigenvalue weighted by Gasteiger charge is -2.05. The third-order valence-corrected chi connectivity index (χ3v) is 3.60. The molecule has 0 saturated carbocycles. The summed E-state index contributed by atoms with van der Waals surface area (Å²) in [6.45, 7) is 2.70. The molecule has 2 aromatic rings. The number of nitrogens with one attached hydrogen (secondary N) is 1. The molecular weight excluding hydrogens is 325 g/mol. The molecule has 0 fully saturated rings. The van der Waals surface area contributed by atoms with Gasteiger partial charge in [0.1, 0.15) is 5.82 Å². The first-order chi connectivity index (χ1) is 9.69. The Morgan fingerprint density at radius 2 is 2.25 bits per heavy atom. The van der Waals surface area contributed by atoms with Crippen molar-refractivity contribution in [2.24, 2.45) is 0 Å². The van der Waals surface area contributed by atoms with E-state index in [9.17, 15) is 4.39 Å². The number of ether oxygens (including phenoxy) is 1. The van der Waals surface area contributed by atoms with Gasteiger partial charge in [0.15, 0.2) is 0 Å². The maximum Gasteiger partial charge on any atom is 0.123 e. The summed E-state index contributed by atoms with van der Waals surface area (Å²) in [6, 6.07) is 6.61. The molecule has 1 heterocycles. The average Bonchev–Trinajstić information content (AvgIpc) is 2.87. The molecule has 0 amide bonds. The van der Waals surface area contributed by atoms with Crippen molar-refractivity contribution >= 4 is 15.9 Å². The summed E-state index contributed by atoms with van der Waals surface area (Å²) >= 11 is 3.42. The lowest BCUT2D eigenvalue weighted by Crippen LogP contribution is -2.19. The Kier molecular flexibility index (Phi) is 5.70. The summed E-state index contributed by atoms with van der Waals surface area (Å²) in [5.74, 6) is -0.239. The van der Waals surface area contributed by atoms with Gasteiger partial charge in [-0.2, -0.15) is 5.10 Å². The van der Waals surface area contributed by atoms with Crippen molar-refractivity contribution in [3.63, 3.8) is 0 Å². The lowest BCUT2D eigenvalue weighted by molar-refractivity contribution is 0.199. The number of rotatable bonds is 7. The van der Waals surface area contributed by atoms with Crippen LogP contribution in [0.25, 0.3) is 0 Å². The van der Waals surface area contributed by atoms with Gasteiger partial charge >= 0.3 is 0 Å². The van der Waals surface area contributed by atoms with Crippen LogP contribution in [0, 0.1) is 5.82 Å². The normalized spacial score (nSPS) is 10.9. The van der Waals surface area contributed by atoms with Crippen LogP contribution in [0.5, 0.6) is 0 Å². The fourth-order valence-electron chi connectivity index (χ4n) is 1.82. The van der Waals surface area contributed by atoms with Crippen molar-refractivity contribution in [2.75, 3.05) is 20.3 Å². The molecule has 0 bridgehead atoms. The van der Waals surface area contributed by atoms with Gasteiger partial charge in [-0.25, -0.2) is 4.39 Å². The molecule has 20 heavy (non-hydrogen) atoms. The van der Waals surface area contributed by atoms with Gasteiger partial charge < -0.3 is 10.1 Å². The monoisotopic (exact) mass is 341 g/mol. The highest BCUT2D eigenvalue weighted by molar-refractivity contribution is 9.10. The Bertz CT molecular complexity index is 559. The van der Waals surface area contributed by atoms with E-state index in [0.29, 0.717) is 19.7 Å². The quantitative estimate of drug-likeness (QED) is 0.786. The Hall–Kier alpha value is -1.24. The molecule has 0 aliphatic rings. The molecule has 108 valence electrons.